The number of carbonyl (C=O) groups is 2. The second-order valence-corrected chi connectivity index (χ2v) is 7.85. The first-order chi connectivity index (χ1) is 14.4. The Kier molecular flexibility index (Phi) is 7.07. The van der Waals surface area contributed by atoms with Gasteiger partial charge in [-0.05, 0) is 49.1 Å². The third-order valence-corrected chi connectivity index (χ3v) is 5.72. The fourth-order valence-corrected chi connectivity index (χ4v) is 3.69. The molecule has 1 fully saturated rings. The highest BCUT2D eigenvalue weighted by atomic mass is 32.2. The van der Waals surface area contributed by atoms with Crippen molar-refractivity contribution in [2.75, 3.05) is 38.1 Å². The molecule has 9 heteroatoms. The largest absolute Gasteiger partial charge is 0.507 e. The highest BCUT2D eigenvalue weighted by Crippen LogP contribution is 2.31. The number of aromatic nitrogens is 2. The molecule has 1 saturated heterocycles. The maximum atomic E-state index is 11.8. The molecule has 3 rings (SSSR count). The Morgan fingerprint density at radius 1 is 1.17 bits per heavy atom. The number of benzene rings is 1. The second-order valence-electron chi connectivity index (χ2n) is 6.84. The average molecular weight is 428 g/mol. The smallest absolute Gasteiger partial charge is 0.290 e. The van der Waals surface area contributed by atoms with E-state index in [9.17, 15) is 14.7 Å². The fraction of sp³-hybridized carbons (Fsp3) is 0.333. The molecule has 0 unspecified atom stereocenters. The Morgan fingerprint density at radius 2 is 1.93 bits per heavy atom. The van der Waals surface area contributed by atoms with Crippen LogP contribution in [0, 0.1) is 0 Å². The summed E-state index contributed by atoms with van der Waals surface area (Å²) in [5, 5.41) is 12.0. The molecule has 2 N–H and O–H groups in total. The monoisotopic (exact) mass is 427 g/mol. The van der Waals surface area contributed by atoms with Crippen LogP contribution in [0.15, 0.2) is 35.5 Å². The standard InChI is InChI=1S/C21H25N5O3S/c1-4-26(5-2)9-8-25(3)19-13-22-12-16(23-19)14-6-7-17(27)15(10-14)11-18-20(28)24-21(29)30-18/h6-7,10-13,27H,4-5,8-9H2,1-3H3,(H,24,28,29). The van der Waals surface area contributed by atoms with E-state index in [1.165, 1.54) is 6.08 Å². The maximum absolute atomic E-state index is 11.8. The highest BCUT2D eigenvalue weighted by Gasteiger charge is 2.25. The first-order valence-electron chi connectivity index (χ1n) is 9.75. The molecule has 2 heterocycles. The van der Waals surface area contributed by atoms with Gasteiger partial charge in [-0.25, -0.2) is 4.98 Å². The molecule has 2 amide bonds. The van der Waals surface area contributed by atoms with Crippen LogP contribution in [0.5, 0.6) is 5.75 Å². The van der Waals surface area contributed by atoms with Crippen molar-refractivity contribution in [3.63, 3.8) is 0 Å². The molecule has 1 aromatic carbocycles. The zero-order valence-corrected chi connectivity index (χ0v) is 18.1. The Morgan fingerprint density at radius 3 is 2.60 bits per heavy atom. The van der Waals surface area contributed by atoms with Crippen molar-refractivity contribution in [3.05, 3.63) is 41.1 Å². The lowest BCUT2D eigenvalue weighted by molar-refractivity contribution is -0.115. The number of anilines is 1. The molecule has 0 saturated carbocycles. The minimum Gasteiger partial charge on any atom is -0.507 e. The number of imide groups is 1. The van der Waals surface area contributed by atoms with E-state index in [4.69, 9.17) is 4.98 Å². The number of hydrogen-bond donors (Lipinski definition) is 2. The summed E-state index contributed by atoms with van der Waals surface area (Å²) in [5.41, 5.74) is 1.84. The quantitative estimate of drug-likeness (QED) is 0.621. The number of nitrogens with one attached hydrogen (secondary N) is 1. The van der Waals surface area contributed by atoms with Gasteiger partial charge in [-0.3, -0.25) is 19.9 Å². The molecule has 2 aromatic rings. The van der Waals surface area contributed by atoms with Crippen molar-refractivity contribution in [1.29, 1.82) is 0 Å². The lowest BCUT2D eigenvalue weighted by Gasteiger charge is -2.23. The molecule has 0 radical (unpaired) electrons. The summed E-state index contributed by atoms with van der Waals surface area (Å²) in [6.07, 6.45) is 4.88. The number of aromatic hydroxyl groups is 1. The number of rotatable bonds is 8. The number of carbonyl (C=O) groups excluding carboxylic acids is 2. The Labute approximate surface area is 180 Å². The molecule has 0 aliphatic carbocycles. The third kappa shape index (κ3) is 5.17. The van der Waals surface area contributed by atoms with E-state index >= 15 is 0 Å². The number of thioether (sulfide) groups is 1. The molecule has 1 aliphatic heterocycles. The van der Waals surface area contributed by atoms with Gasteiger partial charge in [0.15, 0.2) is 0 Å². The van der Waals surface area contributed by atoms with Gasteiger partial charge in [0, 0.05) is 31.3 Å². The predicted molar refractivity (Wildman–Crippen MR) is 119 cm³/mol. The normalized spacial score (nSPS) is 15.1. The number of nitrogens with zero attached hydrogens (tertiary/aromatic N) is 4. The van der Waals surface area contributed by atoms with Gasteiger partial charge in [0.1, 0.15) is 11.6 Å². The maximum Gasteiger partial charge on any atom is 0.290 e. The van der Waals surface area contributed by atoms with Crippen LogP contribution < -0.4 is 10.2 Å². The molecule has 8 nitrogen and oxygen atoms in total. The molecule has 1 aromatic heterocycles. The first-order valence-corrected chi connectivity index (χ1v) is 10.6. The van der Waals surface area contributed by atoms with E-state index in [2.05, 4.69) is 33.9 Å². The summed E-state index contributed by atoms with van der Waals surface area (Å²) in [6, 6.07) is 5.01. The Hall–Kier alpha value is -2.91. The molecule has 1 aliphatic rings. The highest BCUT2D eigenvalue weighted by molar-refractivity contribution is 8.18. The van der Waals surface area contributed by atoms with Crippen LogP contribution in [-0.2, 0) is 4.79 Å². The van der Waals surface area contributed by atoms with Crippen LogP contribution in [0.2, 0.25) is 0 Å². The molecular formula is C21H25N5O3S. The number of phenols is 1. The van der Waals surface area contributed by atoms with E-state index in [1.54, 1.807) is 30.6 Å². The number of likely N-dealkylation sites (N-methyl/N-ethyl adjacent to an activating group) is 2. The van der Waals surface area contributed by atoms with Crippen LogP contribution in [0.3, 0.4) is 0 Å². The van der Waals surface area contributed by atoms with Gasteiger partial charge in [0.2, 0.25) is 0 Å². The molecule has 0 spiro atoms. The first kappa shape index (κ1) is 21.8. The SMILES string of the molecule is CCN(CC)CCN(C)c1cncc(-c2ccc(O)c(C=C3SC(=O)NC3=O)c2)n1. The Balaban J connectivity index is 1.83. The average Bonchev–Trinajstić information content (AvgIpc) is 3.07. The van der Waals surface area contributed by atoms with Crippen LogP contribution >= 0.6 is 11.8 Å². The minimum atomic E-state index is -0.466. The summed E-state index contributed by atoms with van der Waals surface area (Å²) in [5.74, 6) is 0.301. The number of phenolic OH excluding ortho intramolecular Hbond substituents is 1. The summed E-state index contributed by atoms with van der Waals surface area (Å²) < 4.78 is 0. The molecule has 30 heavy (non-hydrogen) atoms. The van der Waals surface area contributed by atoms with Gasteiger partial charge >= 0.3 is 0 Å². The van der Waals surface area contributed by atoms with Gasteiger partial charge < -0.3 is 14.9 Å². The fourth-order valence-electron chi connectivity index (χ4n) is 3.02. The molecule has 0 bridgehead atoms. The molecule has 158 valence electrons. The zero-order valence-electron chi connectivity index (χ0n) is 17.3. The van der Waals surface area contributed by atoms with Crippen LogP contribution in [0.4, 0.5) is 10.6 Å². The third-order valence-electron chi connectivity index (χ3n) is 4.91. The summed E-state index contributed by atoms with van der Waals surface area (Å²) in [7, 11) is 1.98. The van der Waals surface area contributed by atoms with Crippen molar-refractivity contribution >= 4 is 34.8 Å². The van der Waals surface area contributed by atoms with Crippen LogP contribution in [-0.4, -0.2) is 64.3 Å². The molecular weight excluding hydrogens is 402 g/mol. The van der Waals surface area contributed by atoms with E-state index in [0.717, 1.165) is 49.3 Å². The van der Waals surface area contributed by atoms with Gasteiger partial charge in [0.05, 0.1) is 23.0 Å². The van der Waals surface area contributed by atoms with Crippen molar-refractivity contribution < 1.29 is 14.7 Å². The van der Waals surface area contributed by atoms with Crippen molar-refractivity contribution in [2.45, 2.75) is 13.8 Å². The second kappa shape index (κ2) is 9.73. The Bertz CT molecular complexity index is 975. The van der Waals surface area contributed by atoms with E-state index in [-0.39, 0.29) is 10.7 Å². The summed E-state index contributed by atoms with van der Waals surface area (Å²) in [4.78, 5) is 36.8. The lowest BCUT2D eigenvalue weighted by atomic mass is 10.1. The van der Waals surface area contributed by atoms with Gasteiger partial charge in [-0.2, -0.15) is 0 Å². The lowest BCUT2D eigenvalue weighted by Crippen LogP contribution is -2.33. The summed E-state index contributed by atoms with van der Waals surface area (Å²) in [6.45, 7) is 8.06. The minimum absolute atomic E-state index is 0.0134. The van der Waals surface area contributed by atoms with Crippen LogP contribution in [0.1, 0.15) is 19.4 Å². The van der Waals surface area contributed by atoms with Gasteiger partial charge in [0.25, 0.3) is 11.1 Å². The van der Waals surface area contributed by atoms with Crippen molar-refractivity contribution in [2.24, 2.45) is 0 Å². The van der Waals surface area contributed by atoms with Crippen LogP contribution in [0.25, 0.3) is 17.3 Å². The van der Waals surface area contributed by atoms with Gasteiger partial charge in [-0.1, -0.05) is 13.8 Å². The van der Waals surface area contributed by atoms with Crippen molar-refractivity contribution in [3.8, 4) is 17.0 Å². The topological polar surface area (TPSA) is 98.7 Å². The van der Waals surface area contributed by atoms with E-state index < -0.39 is 11.1 Å². The summed E-state index contributed by atoms with van der Waals surface area (Å²) >= 11 is 0.808. The zero-order chi connectivity index (χ0) is 21.7. The predicted octanol–water partition coefficient (Wildman–Crippen LogP) is 2.95. The van der Waals surface area contributed by atoms with E-state index in [0.29, 0.717) is 11.3 Å². The molecule has 0 atom stereocenters. The number of amides is 2. The van der Waals surface area contributed by atoms with E-state index in [1.807, 2.05) is 7.05 Å². The van der Waals surface area contributed by atoms with Gasteiger partial charge in [-0.15, -0.1) is 0 Å². The number of hydrogen-bond acceptors (Lipinski definition) is 8. The van der Waals surface area contributed by atoms with Crippen molar-refractivity contribution in [1.82, 2.24) is 20.2 Å².